The minimum absolute atomic E-state index is 0.0324. The van der Waals surface area contributed by atoms with Crippen molar-refractivity contribution >= 4 is 19.8 Å². The van der Waals surface area contributed by atoms with Gasteiger partial charge in [-0.05, 0) is 38.5 Å². The number of hydrogen-bond acceptors (Lipinski definition) is 7. The summed E-state index contributed by atoms with van der Waals surface area (Å²) in [6, 6.07) is 0. The van der Waals surface area contributed by atoms with Gasteiger partial charge >= 0.3 is 19.8 Å². The normalized spacial score (nSPS) is 14.0. The van der Waals surface area contributed by atoms with Crippen molar-refractivity contribution in [2.24, 2.45) is 0 Å². The molecular formula is C36H71NO8P+. The number of likely N-dealkylation sites (N-methyl/N-ethyl adjacent to an activating group) is 1. The molecule has 0 saturated carbocycles. The Bertz CT molecular complexity index is 814. The second-order valence-electron chi connectivity index (χ2n) is 13.6. The molecule has 0 radical (unpaired) electrons. The molecule has 0 aromatic carbocycles. The van der Waals surface area contributed by atoms with E-state index in [-0.39, 0.29) is 32.0 Å². The lowest BCUT2D eigenvalue weighted by atomic mass is 10.1. The van der Waals surface area contributed by atoms with Crippen LogP contribution in [0.1, 0.15) is 155 Å². The van der Waals surface area contributed by atoms with Gasteiger partial charge in [0.25, 0.3) is 0 Å². The summed E-state index contributed by atoms with van der Waals surface area (Å²) in [5, 5.41) is 0. The number of hydrogen-bond donors (Lipinski definition) is 1. The molecule has 0 amide bonds. The Labute approximate surface area is 282 Å². The number of rotatable bonds is 33. The first kappa shape index (κ1) is 44.8. The summed E-state index contributed by atoms with van der Waals surface area (Å²) in [5.74, 6) is -0.814. The van der Waals surface area contributed by atoms with Gasteiger partial charge in [-0.2, -0.15) is 0 Å². The molecule has 0 aromatic rings. The summed E-state index contributed by atoms with van der Waals surface area (Å²) < 4.78 is 34.0. The number of allylic oxidation sites excluding steroid dienone is 2. The van der Waals surface area contributed by atoms with Crippen molar-refractivity contribution in [3.05, 3.63) is 12.2 Å². The molecule has 9 nitrogen and oxygen atoms in total. The maximum atomic E-state index is 12.6. The SMILES string of the molecule is CCCCCCCC/C=C\CCCCCCCC(=O)O[C@H](COC(=O)CCCCCCCCC)COP(=O)(O)OCC[N+](C)(C)C. The Kier molecular flexibility index (Phi) is 29.0. The van der Waals surface area contributed by atoms with Crippen LogP contribution in [-0.4, -0.2) is 74.9 Å². The van der Waals surface area contributed by atoms with Crippen LogP contribution >= 0.6 is 7.82 Å². The zero-order valence-electron chi connectivity index (χ0n) is 30.3. The average molecular weight is 677 g/mol. The summed E-state index contributed by atoms with van der Waals surface area (Å²) in [4.78, 5) is 35.0. The largest absolute Gasteiger partial charge is 0.472 e. The van der Waals surface area contributed by atoms with Crippen LogP contribution in [0.2, 0.25) is 0 Å². The summed E-state index contributed by atoms with van der Waals surface area (Å²) in [6.45, 7) is 4.34. The lowest BCUT2D eigenvalue weighted by Gasteiger charge is -2.24. The van der Waals surface area contributed by atoms with Crippen LogP contribution in [0.4, 0.5) is 0 Å². The quantitative estimate of drug-likeness (QED) is 0.0241. The van der Waals surface area contributed by atoms with Crippen LogP contribution in [0.3, 0.4) is 0 Å². The average Bonchev–Trinajstić information content (AvgIpc) is 2.99. The number of esters is 2. The standard InChI is InChI=1S/C36H70NO8P/c1-6-8-10-12-14-15-16-17-18-19-20-21-23-25-27-29-36(39)45-34(33-44-46(40,41)43-31-30-37(3,4)5)32-42-35(38)28-26-24-22-13-11-9-7-2/h17-18,34H,6-16,19-33H2,1-5H3/p+1/b18-17-/t34-/m1/s1. The first-order valence-electron chi connectivity index (χ1n) is 18.4. The van der Waals surface area contributed by atoms with E-state index >= 15 is 0 Å². The van der Waals surface area contributed by atoms with Gasteiger partial charge in [0.05, 0.1) is 27.7 Å². The molecular weight excluding hydrogens is 605 g/mol. The maximum absolute atomic E-state index is 12.6. The first-order chi connectivity index (χ1) is 22.0. The molecule has 0 aliphatic rings. The van der Waals surface area contributed by atoms with Crippen molar-refractivity contribution in [3.63, 3.8) is 0 Å². The molecule has 10 heteroatoms. The van der Waals surface area contributed by atoms with Crippen LogP contribution in [0.5, 0.6) is 0 Å². The van der Waals surface area contributed by atoms with E-state index in [9.17, 15) is 19.0 Å². The molecule has 0 fully saturated rings. The molecule has 0 saturated heterocycles. The Hall–Kier alpha value is -1.25. The van der Waals surface area contributed by atoms with Gasteiger partial charge in [0, 0.05) is 12.8 Å². The number of phosphoric ester groups is 1. The van der Waals surface area contributed by atoms with E-state index in [2.05, 4.69) is 26.0 Å². The third-order valence-corrected chi connectivity index (χ3v) is 8.78. The Morgan fingerprint density at radius 1 is 0.652 bits per heavy atom. The summed E-state index contributed by atoms with van der Waals surface area (Å²) in [6.07, 6.45) is 27.0. The van der Waals surface area contributed by atoms with Crippen molar-refractivity contribution in [1.29, 1.82) is 0 Å². The minimum Gasteiger partial charge on any atom is -0.462 e. The molecule has 0 aliphatic carbocycles. The molecule has 0 rings (SSSR count). The fraction of sp³-hybridized carbons (Fsp3) is 0.889. The van der Waals surface area contributed by atoms with Crippen LogP contribution in [0.25, 0.3) is 0 Å². The van der Waals surface area contributed by atoms with Crippen molar-refractivity contribution in [2.45, 2.75) is 161 Å². The lowest BCUT2D eigenvalue weighted by Crippen LogP contribution is -2.37. The van der Waals surface area contributed by atoms with Crippen molar-refractivity contribution in [1.82, 2.24) is 0 Å². The Balaban J connectivity index is 4.41. The zero-order valence-corrected chi connectivity index (χ0v) is 31.2. The Morgan fingerprint density at radius 3 is 1.61 bits per heavy atom. The zero-order chi connectivity index (χ0) is 34.4. The van der Waals surface area contributed by atoms with Gasteiger partial charge < -0.3 is 18.9 Å². The number of unbranched alkanes of at least 4 members (excludes halogenated alkanes) is 17. The second kappa shape index (κ2) is 29.9. The van der Waals surface area contributed by atoms with Gasteiger partial charge in [-0.1, -0.05) is 116 Å². The predicted octanol–water partition coefficient (Wildman–Crippen LogP) is 9.46. The predicted molar refractivity (Wildman–Crippen MR) is 188 cm³/mol. The van der Waals surface area contributed by atoms with E-state index in [1.54, 1.807) is 0 Å². The fourth-order valence-corrected chi connectivity index (χ4v) is 5.57. The van der Waals surface area contributed by atoms with Crippen LogP contribution < -0.4 is 0 Å². The van der Waals surface area contributed by atoms with E-state index in [1.807, 2.05) is 21.1 Å². The van der Waals surface area contributed by atoms with Crippen molar-refractivity contribution in [3.8, 4) is 0 Å². The maximum Gasteiger partial charge on any atom is 0.472 e. The van der Waals surface area contributed by atoms with Gasteiger partial charge in [0.1, 0.15) is 19.8 Å². The lowest BCUT2D eigenvalue weighted by molar-refractivity contribution is -0.870. The van der Waals surface area contributed by atoms with E-state index in [0.717, 1.165) is 51.4 Å². The smallest absolute Gasteiger partial charge is 0.462 e. The molecule has 0 spiro atoms. The highest BCUT2D eigenvalue weighted by Gasteiger charge is 2.27. The molecule has 0 bridgehead atoms. The highest BCUT2D eigenvalue weighted by molar-refractivity contribution is 7.47. The van der Waals surface area contributed by atoms with Crippen LogP contribution in [-0.2, 0) is 32.7 Å². The minimum atomic E-state index is -4.36. The van der Waals surface area contributed by atoms with Gasteiger partial charge in [0.2, 0.25) is 0 Å². The third-order valence-electron chi connectivity index (χ3n) is 7.80. The fourth-order valence-electron chi connectivity index (χ4n) is 4.83. The van der Waals surface area contributed by atoms with Gasteiger partial charge in [-0.15, -0.1) is 0 Å². The van der Waals surface area contributed by atoms with Crippen LogP contribution in [0, 0.1) is 0 Å². The summed E-state index contributed by atoms with van der Waals surface area (Å²) in [5.41, 5.74) is 0. The van der Waals surface area contributed by atoms with Gasteiger partial charge in [0.15, 0.2) is 6.10 Å². The highest BCUT2D eigenvalue weighted by Crippen LogP contribution is 2.43. The second-order valence-corrected chi connectivity index (χ2v) is 15.1. The van der Waals surface area contributed by atoms with Crippen molar-refractivity contribution in [2.75, 3.05) is 47.5 Å². The molecule has 272 valence electrons. The molecule has 0 heterocycles. The summed E-state index contributed by atoms with van der Waals surface area (Å²) in [7, 11) is 1.47. The van der Waals surface area contributed by atoms with Gasteiger partial charge in [-0.25, -0.2) is 4.57 Å². The van der Waals surface area contributed by atoms with E-state index in [1.165, 1.54) is 70.6 Å². The van der Waals surface area contributed by atoms with E-state index in [4.69, 9.17) is 18.5 Å². The highest BCUT2D eigenvalue weighted by atomic mass is 31.2. The van der Waals surface area contributed by atoms with Crippen molar-refractivity contribution < 1.29 is 42.1 Å². The molecule has 1 unspecified atom stereocenters. The number of carbonyl (C=O) groups is 2. The van der Waals surface area contributed by atoms with E-state index in [0.29, 0.717) is 17.4 Å². The molecule has 2 atom stereocenters. The number of ether oxygens (including phenoxy) is 2. The number of carbonyl (C=O) groups excluding carboxylic acids is 2. The number of phosphoric acid groups is 1. The first-order valence-corrected chi connectivity index (χ1v) is 19.9. The number of nitrogens with zero attached hydrogens (tertiary/aromatic N) is 1. The van der Waals surface area contributed by atoms with E-state index < -0.39 is 26.5 Å². The monoisotopic (exact) mass is 676 g/mol. The Morgan fingerprint density at radius 2 is 1.11 bits per heavy atom. The molecule has 0 aromatic heterocycles. The summed E-state index contributed by atoms with van der Waals surface area (Å²) >= 11 is 0. The molecule has 46 heavy (non-hydrogen) atoms. The molecule has 1 N–H and O–H groups in total. The topological polar surface area (TPSA) is 108 Å². The van der Waals surface area contributed by atoms with Gasteiger partial charge in [-0.3, -0.25) is 18.6 Å². The molecule has 0 aliphatic heterocycles. The number of quaternary nitrogens is 1. The third kappa shape index (κ3) is 32.7. The van der Waals surface area contributed by atoms with Crippen LogP contribution in [0.15, 0.2) is 12.2 Å².